The van der Waals surface area contributed by atoms with Crippen LogP contribution in [0.4, 0.5) is 0 Å². The highest BCUT2D eigenvalue weighted by Crippen LogP contribution is 2.40. The number of rotatable bonds is 8. The molecule has 2 aliphatic rings. The van der Waals surface area contributed by atoms with Crippen LogP contribution >= 0.6 is 0 Å². The molecule has 3 heterocycles. The monoisotopic (exact) mass is 457 g/mol. The first-order valence-electron chi connectivity index (χ1n) is 11.6. The van der Waals surface area contributed by atoms with Crippen LogP contribution in [0.5, 0.6) is 17.2 Å². The summed E-state index contributed by atoms with van der Waals surface area (Å²) in [6, 6.07) is 7.99. The molecule has 2 aromatic rings. The highest BCUT2D eigenvalue weighted by Gasteiger charge is 2.38. The quantitative estimate of drug-likeness (QED) is 0.607. The maximum absolute atomic E-state index is 13.3. The smallest absolute Gasteiger partial charge is 0.225 e. The van der Waals surface area contributed by atoms with Gasteiger partial charge >= 0.3 is 0 Å². The van der Waals surface area contributed by atoms with E-state index in [0.717, 1.165) is 51.1 Å². The molecule has 180 valence electrons. The third-order valence-corrected chi connectivity index (χ3v) is 6.96. The van der Waals surface area contributed by atoms with Crippen molar-refractivity contribution in [2.24, 2.45) is 0 Å². The molecule has 1 aromatic heterocycles. The first kappa shape index (κ1) is 23.4. The van der Waals surface area contributed by atoms with E-state index in [1.165, 1.54) is 0 Å². The highest BCUT2D eigenvalue weighted by atomic mass is 16.5. The Morgan fingerprint density at radius 3 is 2.21 bits per heavy atom. The number of piperazine rings is 1. The Bertz CT molecular complexity index is 916. The molecule has 0 radical (unpaired) electrons. The fourth-order valence-electron chi connectivity index (χ4n) is 5.01. The van der Waals surface area contributed by atoms with Gasteiger partial charge in [0.25, 0.3) is 0 Å². The van der Waals surface area contributed by atoms with Gasteiger partial charge in [-0.05, 0) is 31.0 Å². The molecule has 0 unspecified atom stereocenters. The lowest BCUT2D eigenvalue weighted by Gasteiger charge is -2.41. The third-order valence-electron chi connectivity index (χ3n) is 6.96. The fraction of sp³-hybridized carbons (Fsp3) is 0.560. The first-order chi connectivity index (χ1) is 16.1. The molecule has 0 aliphatic carbocycles. The Morgan fingerprint density at radius 2 is 1.61 bits per heavy atom. The van der Waals surface area contributed by atoms with Gasteiger partial charge in [0, 0.05) is 63.9 Å². The van der Waals surface area contributed by atoms with Crippen molar-refractivity contribution in [2.75, 3.05) is 60.7 Å². The predicted octanol–water partition coefficient (Wildman–Crippen LogP) is 2.75. The molecule has 0 N–H and O–H groups in total. The second-order valence-corrected chi connectivity index (χ2v) is 8.75. The van der Waals surface area contributed by atoms with Gasteiger partial charge in [-0.1, -0.05) is 6.07 Å². The molecular formula is C25H35N3O5. The Morgan fingerprint density at radius 1 is 0.939 bits per heavy atom. The Hall–Kier alpha value is -2.71. The number of carbonyl (C=O) groups is 1. The van der Waals surface area contributed by atoms with Crippen LogP contribution in [0.3, 0.4) is 0 Å². The maximum Gasteiger partial charge on any atom is 0.225 e. The van der Waals surface area contributed by atoms with Gasteiger partial charge in [0.05, 0.1) is 33.3 Å². The molecule has 0 atom stereocenters. The summed E-state index contributed by atoms with van der Waals surface area (Å²) in [5.41, 5.74) is 0.867. The molecule has 8 nitrogen and oxygen atoms in total. The van der Waals surface area contributed by atoms with Crippen molar-refractivity contribution < 1.29 is 23.7 Å². The van der Waals surface area contributed by atoms with Crippen LogP contribution in [0, 0.1) is 0 Å². The lowest BCUT2D eigenvalue weighted by molar-refractivity contribution is -0.136. The average molecular weight is 458 g/mol. The second kappa shape index (κ2) is 10.5. The molecule has 33 heavy (non-hydrogen) atoms. The van der Waals surface area contributed by atoms with E-state index in [-0.39, 0.29) is 11.4 Å². The number of carbonyl (C=O) groups excluding carboxylic acids is 1. The Kier molecular flexibility index (Phi) is 7.45. The van der Waals surface area contributed by atoms with E-state index in [1.807, 2.05) is 29.2 Å². The van der Waals surface area contributed by atoms with Gasteiger partial charge in [-0.3, -0.25) is 9.69 Å². The zero-order valence-electron chi connectivity index (χ0n) is 19.9. The summed E-state index contributed by atoms with van der Waals surface area (Å²) in [5, 5.41) is 0. The van der Waals surface area contributed by atoms with E-state index in [1.54, 1.807) is 21.3 Å². The van der Waals surface area contributed by atoms with Gasteiger partial charge in [-0.25, -0.2) is 0 Å². The molecule has 1 amide bonds. The topological polar surface area (TPSA) is 65.4 Å². The normalized spacial score (nSPS) is 18.7. The molecule has 2 saturated heterocycles. The van der Waals surface area contributed by atoms with Crippen LogP contribution < -0.4 is 14.2 Å². The van der Waals surface area contributed by atoms with Crippen molar-refractivity contribution in [1.29, 1.82) is 0 Å². The van der Waals surface area contributed by atoms with Crippen molar-refractivity contribution in [1.82, 2.24) is 14.4 Å². The minimum atomic E-state index is -0.178. The zero-order chi connectivity index (χ0) is 23.3. The second-order valence-electron chi connectivity index (χ2n) is 8.75. The summed E-state index contributed by atoms with van der Waals surface area (Å²) < 4.78 is 24.4. The summed E-state index contributed by atoms with van der Waals surface area (Å²) in [6.07, 6.45) is 6.41. The van der Waals surface area contributed by atoms with Crippen molar-refractivity contribution in [3.63, 3.8) is 0 Å². The number of methoxy groups -OCH3 is 3. The van der Waals surface area contributed by atoms with Crippen LogP contribution in [0.15, 0.2) is 36.7 Å². The van der Waals surface area contributed by atoms with Crippen LogP contribution in [0.1, 0.15) is 24.8 Å². The standard InChI is InChI=1S/C25H35N3O5/c1-30-21-7-6-20(23(31-2)24(21)32-3)19-26-12-14-27(15-13-26)22(29)18-25(8-16-33-17-9-25)28-10-4-5-11-28/h4-7,10-11H,8-9,12-19H2,1-3H3. The van der Waals surface area contributed by atoms with E-state index in [0.29, 0.717) is 36.9 Å². The van der Waals surface area contributed by atoms with Crippen LogP contribution in [-0.2, 0) is 21.6 Å². The molecule has 0 bridgehead atoms. The Balaban J connectivity index is 1.38. The van der Waals surface area contributed by atoms with Crippen molar-refractivity contribution >= 4 is 5.91 Å². The molecule has 8 heteroatoms. The van der Waals surface area contributed by atoms with Crippen LogP contribution in [0.2, 0.25) is 0 Å². The maximum atomic E-state index is 13.3. The molecule has 0 spiro atoms. The third kappa shape index (κ3) is 4.96. The summed E-state index contributed by atoms with van der Waals surface area (Å²) >= 11 is 0. The van der Waals surface area contributed by atoms with E-state index >= 15 is 0 Å². The lowest BCUT2D eigenvalue weighted by atomic mass is 9.85. The van der Waals surface area contributed by atoms with Crippen molar-refractivity contribution in [2.45, 2.75) is 31.3 Å². The van der Waals surface area contributed by atoms with Gasteiger partial charge < -0.3 is 28.4 Å². The number of hydrogen-bond acceptors (Lipinski definition) is 6. The fourth-order valence-corrected chi connectivity index (χ4v) is 5.01. The van der Waals surface area contributed by atoms with Crippen molar-refractivity contribution in [3.05, 3.63) is 42.2 Å². The first-order valence-corrected chi connectivity index (χ1v) is 11.6. The number of aromatic nitrogens is 1. The molecule has 0 saturated carbocycles. The van der Waals surface area contributed by atoms with E-state index in [9.17, 15) is 4.79 Å². The number of benzene rings is 1. The summed E-state index contributed by atoms with van der Waals surface area (Å²) in [4.78, 5) is 17.7. The number of nitrogens with zero attached hydrogens (tertiary/aromatic N) is 3. The van der Waals surface area contributed by atoms with E-state index in [4.69, 9.17) is 18.9 Å². The van der Waals surface area contributed by atoms with Gasteiger partial charge in [-0.2, -0.15) is 0 Å². The molecule has 2 aliphatic heterocycles. The minimum Gasteiger partial charge on any atom is -0.493 e. The highest BCUT2D eigenvalue weighted by molar-refractivity contribution is 5.77. The number of amides is 1. The van der Waals surface area contributed by atoms with Gasteiger partial charge in [0.15, 0.2) is 11.5 Å². The number of hydrogen-bond donors (Lipinski definition) is 0. The average Bonchev–Trinajstić information content (AvgIpc) is 3.40. The molecule has 1 aromatic carbocycles. The largest absolute Gasteiger partial charge is 0.493 e. The SMILES string of the molecule is COc1ccc(CN2CCN(C(=O)CC3(n4cccc4)CCOCC3)CC2)c(OC)c1OC. The molecule has 2 fully saturated rings. The van der Waals surface area contributed by atoms with E-state index in [2.05, 4.69) is 21.9 Å². The molecular weight excluding hydrogens is 422 g/mol. The van der Waals surface area contributed by atoms with E-state index < -0.39 is 0 Å². The zero-order valence-corrected chi connectivity index (χ0v) is 19.9. The van der Waals surface area contributed by atoms with Crippen LogP contribution in [0.25, 0.3) is 0 Å². The van der Waals surface area contributed by atoms with Crippen LogP contribution in [-0.4, -0.2) is 81.0 Å². The molecule has 4 rings (SSSR count). The van der Waals surface area contributed by atoms with Gasteiger partial charge in [0.1, 0.15) is 0 Å². The van der Waals surface area contributed by atoms with Gasteiger partial charge in [0.2, 0.25) is 11.7 Å². The Labute approximate surface area is 196 Å². The summed E-state index contributed by atoms with van der Waals surface area (Å²) in [6.45, 7) is 5.24. The van der Waals surface area contributed by atoms with Crippen molar-refractivity contribution in [3.8, 4) is 17.2 Å². The number of ether oxygens (including phenoxy) is 4. The minimum absolute atomic E-state index is 0.178. The predicted molar refractivity (Wildman–Crippen MR) is 125 cm³/mol. The summed E-state index contributed by atoms with van der Waals surface area (Å²) in [7, 11) is 4.88. The lowest BCUT2D eigenvalue weighted by Crippen LogP contribution is -2.51. The summed E-state index contributed by atoms with van der Waals surface area (Å²) in [5.74, 6) is 2.19. The van der Waals surface area contributed by atoms with Gasteiger partial charge in [-0.15, -0.1) is 0 Å².